The molecule has 24 heteroatoms. The van der Waals surface area contributed by atoms with Crippen LogP contribution in [-0.4, -0.2) is 127 Å². The highest BCUT2D eigenvalue weighted by molar-refractivity contribution is 7.91. The van der Waals surface area contributed by atoms with Crippen molar-refractivity contribution in [2.45, 2.75) is 89.0 Å². The first-order valence-corrected chi connectivity index (χ1v) is 33.0. The minimum atomic E-state index is -3.35. The number of rotatable bonds is 28. The van der Waals surface area contributed by atoms with Crippen LogP contribution in [0.15, 0.2) is 107 Å². The Labute approximate surface area is 457 Å². The second-order valence-corrected chi connectivity index (χ2v) is 27.9. The molecule has 0 aliphatic rings. The molecule has 2 aromatic heterocycles. The van der Waals surface area contributed by atoms with Gasteiger partial charge in [-0.1, -0.05) is 0 Å². The summed E-state index contributed by atoms with van der Waals surface area (Å²) in [7, 11) is -9.34. The van der Waals surface area contributed by atoms with Crippen molar-refractivity contribution in [3.05, 3.63) is 131 Å². The minimum absolute atomic E-state index is 0.00649. The zero-order valence-corrected chi connectivity index (χ0v) is 49.5. The van der Waals surface area contributed by atoms with Crippen LogP contribution >= 0.6 is 14.7 Å². The summed E-state index contributed by atoms with van der Waals surface area (Å²) in [5, 5.41) is 8.88. The average molecular weight is 1160 g/mol. The fourth-order valence-electron chi connectivity index (χ4n) is 7.82. The van der Waals surface area contributed by atoms with Gasteiger partial charge in [0.1, 0.15) is 59.3 Å². The fraction of sp³-hybridized carbons (Fsp3) is 0.407. The maximum atomic E-state index is 13.4. The molecule has 0 saturated heterocycles. The van der Waals surface area contributed by atoms with Crippen molar-refractivity contribution in [2.75, 3.05) is 66.5 Å². The third-order valence-corrected chi connectivity index (χ3v) is 16.6. The number of hydrogen-bond donors (Lipinski definition) is 0. The van der Waals surface area contributed by atoms with Crippen LogP contribution in [-0.2, 0) is 72.7 Å². The third-order valence-electron chi connectivity index (χ3n) is 11.1. The summed E-state index contributed by atoms with van der Waals surface area (Å²) in [6.45, 7) is 15.3. The maximum Gasteiger partial charge on any atom is 0.220 e. The number of Topliss-reactive ketones (excluding diaryl/α,β-unsaturated/α-hetero) is 2. The molecule has 0 saturated carbocycles. The zero-order chi connectivity index (χ0) is 57.6. The van der Waals surface area contributed by atoms with Gasteiger partial charge in [-0.05, 0) is 126 Å². The number of aromatic nitrogens is 4. The topological polar surface area (TPSA) is 246 Å². The Hall–Kier alpha value is -5.96. The Morgan fingerprint density at radius 2 is 0.974 bits per heavy atom. The number of hydrogen-bond acceptors (Lipinski definition) is 18. The van der Waals surface area contributed by atoms with Gasteiger partial charge in [0.2, 0.25) is 14.7 Å². The molecule has 0 aliphatic carbocycles. The summed E-state index contributed by atoms with van der Waals surface area (Å²) in [6.07, 6.45) is 1.89. The first-order chi connectivity index (χ1) is 36.6. The molecule has 6 aromatic rings. The van der Waals surface area contributed by atoms with E-state index in [4.69, 9.17) is 37.5 Å². The van der Waals surface area contributed by atoms with Gasteiger partial charge in [-0.2, -0.15) is 10.2 Å². The lowest BCUT2D eigenvalue weighted by molar-refractivity contribution is 0.0914. The molecule has 0 amide bonds. The van der Waals surface area contributed by atoms with E-state index in [1.165, 1.54) is 24.3 Å². The van der Waals surface area contributed by atoms with Crippen molar-refractivity contribution in [1.82, 2.24) is 19.6 Å². The van der Waals surface area contributed by atoms with E-state index in [-0.39, 0.29) is 59.0 Å². The Balaban J connectivity index is 0.000000287. The van der Waals surface area contributed by atoms with Crippen molar-refractivity contribution < 1.29 is 73.0 Å². The summed E-state index contributed by atoms with van der Waals surface area (Å²) in [4.78, 5) is 27.1. The van der Waals surface area contributed by atoms with Crippen molar-refractivity contribution >= 4 is 46.0 Å². The molecule has 0 fully saturated rings. The SMILES string of the molecule is CCOP(C)(=O)Cn1nc(C)cc1CC(=O)c1cc(Oc2ccc(S(C)(=O)=O)cc2)cc(O[C@@H](C)COC)c1.CCOP(C)(=O)Cn1nc(CC(=O)c2cc(Oc3ccc(S(C)(=O)=O)cc3)cc(O[C@@H](C)COC)c2)cc1C. The van der Waals surface area contributed by atoms with Crippen molar-refractivity contribution in [2.24, 2.45) is 0 Å². The number of nitrogens with zero attached hydrogens (tertiary/aromatic N) is 4. The van der Waals surface area contributed by atoms with E-state index in [2.05, 4.69) is 10.2 Å². The van der Waals surface area contributed by atoms with Crippen LogP contribution in [0.1, 0.15) is 71.2 Å². The molecule has 0 N–H and O–H groups in total. The fourth-order valence-corrected chi connectivity index (χ4v) is 11.8. The predicted molar refractivity (Wildman–Crippen MR) is 296 cm³/mol. The molecular weight excluding hydrogens is 1090 g/mol. The summed E-state index contributed by atoms with van der Waals surface area (Å²) in [5.74, 6) is 1.86. The van der Waals surface area contributed by atoms with E-state index in [0.717, 1.165) is 18.2 Å². The summed E-state index contributed by atoms with van der Waals surface area (Å²) in [5.41, 5.74) is 3.30. The quantitative estimate of drug-likeness (QED) is 0.0327. The molecule has 78 heavy (non-hydrogen) atoms. The standard InChI is InChI=1S/2C27H35N2O8PS/c1-7-35-38(5,31)18-29-19(2)12-22(28-29)15-27(30)21-13-24(36-20(3)17-34-4)16-25(14-21)37-23-8-10-26(11-9-23)39(6,32)33;1-7-35-38(5,31)18-29-22(12-19(2)28-29)15-27(30)21-13-24(36-20(3)17-34-4)16-25(14-21)37-23-8-10-26(11-9-23)39(6,32)33/h2*8-14,16,20H,7,15,17-18H2,1-6H3/t2*20-,38?/m00/s1. The van der Waals surface area contributed by atoms with Gasteiger partial charge in [0.05, 0.1) is 60.4 Å². The van der Waals surface area contributed by atoms with Gasteiger partial charge in [-0.3, -0.25) is 28.1 Å². The van der Waals surface area contributed by atoms with E-state index in [1.807, 2.05) is 20.8 Å². The molecular formula is C54H70N4O16P2S2. The number of benzene rings is 4. The van der Waals surface area contributed by atoms with Crippen LogP contribution in [0.3, 0.4) is 0 Å². The van der Waals surface area contributed by atoms with Gasteiger partial charge in [-0.15, -0.1) is 0 Å². The molecule has 424 valence electrons. The number of carbonyl (C=O) groups is 2. The molecule has 6 rings (SSSR count). The highest BCUT2D eigenvalue weighted by Gasteiger charge is 2.23. The highest BCUT2D eigenvalue weighted by atomic mass is 32.2. The second-order valence-electron chi connectivity index (χ2n) is 18.7. The number of ether oxygens (including phenoxy) is 6. The lowest BCUT2D eigenvalue weighted by atomic mass is 10.1. The minimum Gasteiger partial charge on any atom is -0.488 e. The number of carbonyl (C=O) groups excluding carboxylic acids is 2. The first-order valence-electron chi connectivity index (χ1n) is 24.7. The van der Waals surface area contributed by atoms with Gasteiger partial charge in [-0.25, -0.2) is 16.8 Å². The van der Waals surface area contributed by atoms with E-state index in [0.29, 0.717) is 89.1 Å². The Morgan fingerprint density at radius 3 is 1.38 bits per heavy atom. The molecule has 0 spiro atoms. The number of methoxy groups -OCH3 is 2. The van der Waals surface area contributed by atoms with Gasteiger partial charge in [0.25, 0.3) is 0 Å². The summed E-state index contributed by atoms with van der Waals surface area (Å²) >= 11 is 0. The normalized spacial score (nSPS) is 14.0. The number of sulfone groups is 2. The molecule has 20 nitrogen and oxygen atoms in total. The van der Waals surface area contributed by atoms with E-state index in [9.17, 15) is 35.6 Å². The molecule has 2 heterocycles. The van der Waals surface area contributed by atoms with Gasteiger partial charge >= 0.3 is 0 Å². The van der Waals surface area contributed by atoms with Crippen LogP contribution in [0.25, 0.3) is 0 Å². The average Bonchev–Trinajstić information content (AvgIpc) is 3.86. The number of ketones is 2. The van der Waals surface area contributed by atoms with Gasteiger partial charge in [0.15, 0.2) is 31.2 Å². The third kappa shape index (κ3) is 19.7. The van der Waals surface area contributed by atoms with E-state index >= 15 is 0 Å². The second kappa shape index (κ2) is 27.8. The smallest absolute Gasteiger partial charge is 0.220 e. The maximum absolute atomic E-state index is 13.4. The van der Waals surface area contributed by atoms with Crippen LogP contribution in [0.2, 0.25) is 0 Å². The summed E-state index contributed by atoms with van der Waals surface area (Å²) < 4.78 is 120. The van der Waals surface area contributed by atoms with Crippen LogP contribution in [0.4, 0.5) is 0 Å². The van der Waals surface area contributed by atoms with E-state index in [1.54, 1.807) is 130 Å². The lowest BCUT2D eigenvalue weighted by Crippen LogP contribution is -2.18. The Kier molecular flexibility index (Phi) is 22.4. The van der Waals surface area contributed by atoms with Crippen molar-refractivity contribution in [3.63, 3.8) is 0 Å². The molecule has 0 radical (unpaired) electrons. The van der Waals surface area contributed by atoms with Crippen molar-refractivity contribution in [3.8, 4) is 34.5 Å². The van der Waals surface area contributed by atoms with E-state index < -0.39 is 34.4 Å². The first kappa shape index (κ1) is 62.9. The predicted octanol–water partition coefficient (Wildman–Crippen LogP) is 10.3. The Morgan fingerprint density at radius 1 is 0.564 bits per heavy atom. The van der Waals surface area contributed by atoms with Crippen molar-refractivity contribution in [1.29, 1.82) is 0 Å². The highest BCUT2D eigenvalue weighted by Crippen LogP contribution is 2.45. The molecule has 2 unspecified atom stereocenters. The monoisotopic (exact) mass is 1160 g/mol. The van der Waals surface area contributed by atoms with Crippen LogP contribution in [0.5, 0.6) is 34.5 Å². The number of aryl methyl sites for hydroxylation is 2. The Bertz CT molecular complexity index is 3340. The van der Waals surface area contributed by atoms with Crippen LogP contribution < -0.4 is 18.9 Å². The molecule has 0 aliphatic heterocycles. The van der Waals surface area contributed by atoms with Crippen LogP contribution in [0, 0.1) is 13.8 Å². The molecule has 4 atom stereocenters. The lowest BCUT2D eigenvalue weighted by Gasteiger charge is -2.17. The van der Waals surface area contributed by atoms with Gasteiger partial charge in [0, 0.05) is 74.7 Å². The van der Waals surface area contributed by atoms with Gasteiger partial charge < -0.3 is 37.5 Å². The summed E-state index contributed by atoms with van der Waals surface area (Å²) in [6, 6.07) is 25.3. The molecule has 4 aromatic carbocycles. The largest absolute Gasteiger partial charge is 0.488 e. The molecule has 0 bridgehead atoms. The zero-order valence-electron chi connectivity index (χ0n) is 46.1.